The molecule has 6 heteroatoms. The number of rotatable bonds is 5. The maximum Gasteiger partial charge on any atom is 0.356 e. The minimum Gasteiger partial charge on any atom is -0.461 e. The van der Waals surface area contributed by atoms with Gasteiger partial charge in [-0.05, 0) is 49.6 Å². The molecule has 0 aliphatic heterocycles. The second-order valence-corrected chi connectivity index (χ2v) is 7.45. The number of carbonyl (C=O) groups excluding carboxylic acids is 2. The van der Waals surface area contributed by atoms with E-state index in [1.165, 1.54) is 11.8 Å². The Morgan fingerprint density at radius 3 is 2.50 bits per heavy atom. The summed E-state index contributed by atoms with van der Waals surface area (Å²) in [5.41, 5.74) is 3.01. The van der Waals surface area contributed by atoms with E-state index in [2.05, 4.69) is 0 Å². The fourth-order valence-corrected chi connectivity index (χ4v) is 4.64. The summed E-state index contributed by atoms with van der Waals surface area (Å²) in [5.74, 6) is -0.380. The molecule has 0 N–H and O–H groups in total. The molecule has 3 rings (SSSR count). The summed E-state index contributed by atoms with van der Waals surface area (Å²) in [5, 5.41) is -0.0506. The van der Waals surface area contributed by atoms with Gasteiger partial charge in [0, 0.05) is 11.8 Å². The molecule has 0 spiro atoms. The lowest BCUT2D eigenvalue weighted by molar-refractivity contribution is 0.0513. The van der Waals surface area contributed by atoms with Gasteiger partial charge < -0.3 is 9.14 Å². The number of nitrogens with zero attached hydrogens (tertiary/aromatic N) is 1. The van der Waals surface area contributed by atoms with Gasteiger partial charge in [0.2, 0.25) is 5.12 Å². The van der Waals surface area contributed by atoms with E-state index in [-0.39, 0.29) is 11.1 Å². The van der Waals surface area contributed by atoms with Crippen LogP contribution in [0.25, 0.3) is 5.52 Å². The number of hydrogen-bond acceptors (Lipinski definition) is 5. The SMILES string of the molecule is CCOC(=O)c1c(SC)c(SC(=O)c2ccccc2)c2cc(C)ccn12. The molecule has 0 unspecified atom stereocenters. The Hall–Kier alpha value is -2.18. The quantitative estimate of drug-likeness (QED) is 0.453. The number of hydrogen-bond donors (Lipinski definition) is 0. The van der Waals surface area contributed by atoms with Crippen LogP contribution in [-0.4, -0.2) is 28.3 Å². The number of fused-ring (bicyclic) bond motifs is 1. The zero-order chi connectivity index (χ0) is 18.7. The molecule has 0 atom stereocenters. The molecular formula is C20H19NO3S2. The predicted molar refractivity (Wildman–Crippen MR) is 107 cm³/mol. The van der Waals surface area contributed by atoms with Crippen molar-refractivity contribution in [3.05, 3.63) is 65.5 Å². The summed E-state index contributed by atoms with van der Waals surface area (Å²) in [6, 6.07) is 13.1. The summed E-state index contributed by atoms with van der Waals surface area (Å²) in [7, 11) is 0. The highest BCUT2D eigenvalue weighted by molar-refractivity contribution is 8.14. The van der Waals surface area contributed by atoms with Crippen molar-refractivity contribution in [3.63, 3.8) is 0 Å². The molecule has 1 aromatic carbocycles. The lowest BCUT2D eigenvalue weighted by atomic mass is 10.2. The molecule has 2 aromatic heterocycles. The Kier molecular flexibility index (Phi) is 5.74. The van der Waals surface area contributed by atoms with Gasteiger partial charge >= 0.3 is 5.97 Å². The first-order chi connectivity index (χ1) is 12.6. The molecule has 0 fully saturated rings. The Morgan fingerprint density at radius 2 is 1.85 bits per heavy atom. The zero-order valence-electron chi connectivity index (χ0n) is 14.8. The third-order valence-corrected chi connectivity index (χ3v) is 5.86. The van der Waals surface area contributed by atoms with E-state index in [1.54, 1.807) is 19.1 Å². The Balaban J connectivity index is 2.15. The van der Waals surface area contributed by atoms with Crippen LogP contribution >= 0.6 is 23.5 Å². The van der Waals surface area contributed by atoms with Crippen molar-refractivity contribution >= 4 is 40.1 Å². The molecule has 4 nitrogen and oxygen atoms in total. The average Bonchev–Trinajstić information content (AvgIpc) is 2.95. The summed E-state index contributed by atoms with van der Waals surface area (Å²) >= 11 is 2.60. The molecule has 0 saturated heterocycles. The molecule has 26 heavy (non-hydrogen) atoms. The second-order valence-electron chi connectivity index (χ2n) is 5.65. The number of benzene rings is 1. The van der Waals surface area contributed by atoms with Crippen molar-refractivity contribution in [3.8, 4) is 0 Å². The van der Waals surface area contributed by atoms with Crippen molar-refractivity contribution in [2.75, 3.05) is 12.9 Å². The van der Waals surface area contributed by atoms with Gasteiger partial charge in [-0.25, -0.2) is 4.79 Å². The first kappa shape index (κ1) is 18.6. The van der Waals surface area contributed by atoms with Crippen LogP contribution in [0.3, 0.4) is 0 Å². The minimum atomic E-state index is -0.380. The molecular weight excluding hydrogens is 366 g/mol. The first-order valence-electron chi connectivity index (χ1n) is 8.19. The van der Waals surface area contributed by atoms with Gasteiger partial charge in [0.1, 0.15) is 5.69 Å². The van der Waals surface area contributed by atoms with Crippen LogP contribution in [0, 0.1) is 6.92 Å². The van der Waals surface area contributed by atoms with Gasteiger partial charge in [0.15, 0.2) is 0 Å². The highest BCUT2D eigenvalue weighted by Crippen LogP contribution is 2.40. The molecule has 0 aliphatic rings. The van der Waals surface area contributed by atoms with Gasteiger partial charge in [0.25, 0.3) is 0 Å². The third kappa shape index (κ3) is 3.52. The number of esters is 1. The maximum absolute atomic E-state index is 12.7. The van der Waals surface area contributed by atoms with Crippen molar-refractivity contribution in [2.45, 2.75) is 23.6 Å². The molecule has 134 valence electrons. The summed E-state index contributed by atoms with van der Waals surface area (Å²) < 4.78 is 7.06. The van der Waals surface area contributed by atoms with Crippen molar-refractivity contribution in [2.24, 2.45) is 0 Å². The van der Waals surface area contributed by atoms with Crippen LogP contribution in [0.5, 0.6) is 0 Å². The normalized spacial score (nSPS) is 10.9. The van der Waals surface area contributed by atoms with Crippen LogP contribution < -0.4 is 0 Å². The van der Waals surface area contributed by atoms with Crippen LogP contribution in [0.15, 0.2) is 58.5 Å². The predicted octanol–water partition coefficient (Wildman–Crippen LogP) is 5.08. The standard InChI is InChI=1S/C20H19NO3S2/c1-4-24-19(22)16-18(25-3)17(15-12-13(2)10-11-21(15)16)26-20(23)14-8-6-5-7-9-14/h5-12H,4H2,1-3H3. The smallest absolute Gasteiger partial charge is 0.356 e. The highest BCUT2D eigenvalue weighted by atomic mass is 32.2. The van der Waals surface area contributed by atoms with Crippen molar-refractivity contribution < 1.29 is 14.3 Å². The van der Waals surface area contributed by atoms with E-state index in [0.717, 1.165) is 32.6 Å². The highest BCUT2D eigenvalue weighted by Gasteiger charge is 2.26. The molecule has 3 aromatic rings. The summed E-state index contributed by atoms with van der Waals surface area (Å²) in [6.45, 7) is 4.08. The molecule has 0 amide bonds. The number of aromatic nitrogens is 1. The lowest BCUT2D eigenvalue weighted by Gasteiger charge is -2.05. The van der Waals surface area contributed by atoms with Crippen LogP contribution in [0.4, 0.5) is 0 Å². The van der Waals surface area contributed by atoms with E-state index >= 15 is 0 Å². The number of ether oxygens (including phenoxy) is 1. The van der Waals surface area contributed by atoms with Gasteiger partial charge in [-0.2, -0.15) is 0 Å². The average molecular weight is 386 g/mol. The van der Waals surface area contributed by atoms with Crippen molar-refractivity contribution in [1.82, 2.24) is 4.40 Å². The van der Waals surface area contributed by atoms with Gasteiger partial charge in [-0.3, -0.25) is 4.79 Å². The molecule has 0 aliphatic carbocycles. The van der Waals surface area contributed by atoms with Gasteiger partial charge in [-0.1, -0.05) is 30.3 Å². The Morgan fingerprint density at radius 1 is 1.12 bits per heavy atom. The maximum atomic E-state index is 12.7. The molecule has 2 heterocycles. The van der Waals surface area contributed by atoms with Crippen LogP contribution in [0.2, 0.25) is 0 Å². The number of pyridine rings is 1. The molecule has 0 radical (unpaired) electrons. The van der Waals surface area contributed by atoms with Gasteiger partial charge in [0.05, 0.1) is 21.9 Å². The number of aryl methyl sites for hydroxylation is 1. The zero-order valence-corrected chi connectivity index (χ0v) is 16.4. The third-order valence-electron chi connectivity index (χ3n) is 3.88. The minimum absolute atomic E-state index is 0.0506. The second kappa shape index (κ2) is 8.01. The summed E-state index contributed by atoms with van der Waals surface area (Å²) in [6.07, 6.45) is 3.76. The molecule has 0 saturated carbocycles. The van der Waals surface area contributed by atoms with Crippen LogP contribution in [0.1, 0.15) is 33.3 Å². The van der Waals surface area contributed by atoms with Gasteiger partial charge in [-0.15, -0.1) is 11.8 Å². The van der Waals surface area contributed by atoms with E-state index in [1.807, 2.05) is 54.1 Å². The Labute approximate surface area is 160 Å². The largest absolute Gasteiger partial charge is 0.461 e. The summed E-state index contributed by atoms with van der Waals surface area (Å²) in [4.78, 5) is 26.8. The fourth-order valence-electron chi connectivity index (χ4n) is 2.71. The topological polar surface area (TPSA) is 47.8 Å². The fraction of sp³-hybridized carbons (Fsp3) is 0.200. The van der Waals surface area contributed by atoms with Crippen molar-refractivity contribution in [1.29, 1.82) is 0 Å². The number of carbonyl (C=O) groups is 2. The van der Waals surface area contributed by atoms with E-state index in [4.69, 9.17) is 4.74 Å². The van der Waals surface area contributed by atoms with E-state index in [9.17, 15) is 9.59 Å². The lowest BCUT2D eigenvalue weighted by Crippen LogP contribution is -2.09. The monoisotopic (exact) mass is 385 g/mol. The first-order valence-corrected chi connectivity index (χ1v) is 10.2. The van der Waals surface area contributed by atoms with Crippen LogP contribution in [-0.2, 0) is 4.74 Å². The Bertz CT molecular complexity index is 964. The van der Waals surface area contributed by atoms with E-state index in [0.29, 0.717) is 17.9 Å². The van der Waals surface area contributed by atoms with E-state index < -0.39 is 0 Å². The number of thioether (sulfide) groups is 2. The molecule has 0 bridgehead atoms.